The Morgan fingerprint density at radius 1 is 0.719 bits per heavy atom. The van der Waals surface area contributed by atoms with Gasteiger partial charge >= 0.3 is 33.4 Å². The molecule has 0 N–H and O–H groups in total. The first-order chi connectivity index (χ1) is 14.4. The molecule has 0 unspecified atom stereocenters. The maximum atomic E-state index is 13.9. The lowest BCUT2D eigenvalue weighted by Crippen LogP contribution is -2.64. The second kappa shape index (κ2) is 6.91. The van der Waals surface area contributed by atoms with E-state index < -0.39 is 62.2 Å². The minimum Gasteiger partial charge on any atom is -0.291 e. The zero-order chi connectivity index (χ0) is 24.5. The molecule has 3 rings (SSSR count). The normalized spacial score (nSPS) is 16.7. The van der Waals surface area contributed by atoms with Gasteiger partial charge in [0.1, 0.15) is 0 Å². The smallest absolute Gasteiger partial charge is 0.291 e. The fourth-order valence-electron chi connectivity index (χ4n) is 2.95. The minimum atomic E-state index is -7.56. The number of ketones is 2. The minimum absolute atomic E-state index is 0.0528. The quantitative estimate of drug-likeness (QED) is 0.351. The topological polar surface area (TPSA) is 77.5 Å². The van der Waals surface area contributed by atoms with Gasteiger partial charge in [0.2, 0.25) is 17.7 Å². The summed E-state index contributed by atoms with van der Waals surface area (Å²) in [5.74, 6) is -18.3. The van der Waals surface area contributed by atoms with Gasteiger partial charge in [0.25, 0.3) is 0 Å². The molecule has 1 aliphatic carbocycles. The first-order valence-corrected chi connectivity index (χ1v) is 9.52. The second-order valence-electron chi connectivity index (χ2n) is 6.53. The maximum absolute atomic E-state index is 13.9. The molecule has 15 heteroatoms. The molecule has 0 bridgehead atoms. The van der Waals surface area contributed by atoms with Crippen LogP contribution in [0.1, 0.15) is 20.7 Å². The number of carbonyl (C=O) groups excluding carboxylic acids is 2. The van der Waals surface area contributed by atoms with E-state index in [-0.39, 0.29) is 10.8 Å². The summed E-state index contributed by atoms with van der Waals surface area (Å²) in [4.78, 5) is 24.9. The molecule has 0 aliphatic heterocycles. The fraction of sp³-hybridized carbons (Fsp3) is 0.294. The Balaban J connectivity index is 2.06. The van der Waals surface area contributed by atoms with E-state index in [9.17, 15) is 57.5 Å². The summed E-state index contributed by atoms with van der Waals surface area (Å²) in [6.07, 6.45) is -10.3. The van der Waals surface area contributed by atoms with Gasteiger partial charge in [0.05, 0.1) is 0 Å². The number of hydrogen-bond donors (Lipinski definition) is 0. The van der Waals surface area contributed by atoms with Crippen molar-refractivity contribution in [2.45, 2.75) is 29.4 Å². The van der Waals surface area contributed by atoms with Crippen LogP contribution in [0.4, 0.5) is 39.5 Å². The van der Waals surface area contributed by atoms with Crippen molar-refractivity contribution in [1.29, 1.82) is 0 Å². The number of carbonyl (C=O) groups is 2. The molecule has 0 spiro atoms. The van der Waals surface area contributed by atoms with Gasteiger partial charge in [0, 0.05) is 16.5 Å². The average Bonchev–Trinajstić information content (AvgIpc) is 2.67. The van der Waals surface area contributed by atoms with Crippen LogP contribution in [0.15, 0.2) is 36.4 Å². The van der Waals surface area contributed by atoms with Gasteiger partial charge < -0.3 is 0 Å². The first-order valence-electron chi connectivity index (χ1n) is 8.11. The Morgan fingerprint density at radius 2 is 1.16 bits per heavy atom. The molecule has 0 radical (unpaired) electrons. The molecule has 0 fully saturated rings. The number of benzene rings is 2. The van der Waals surface area contributed by atoms with Gasteiger partial charge in [-0.3, -0.25) is 9.59 Å². The van der Waals surface area contributed by atoms with Crippen LogP contribution < -0.4 is 0 Å². The van der Waals surface area contributed by atoms with Crippen LogP contribution in [0.5, 0.6) is 0 Å². The molecule has 2 aromatic carbocycles. The molecule has 32 heavy (non-hydrogen) atoms. The van der Waals surface area contributed by atoms with E-state index in [0.717, 1.165) is 12.1 Å². The van der Waals surface area contributed by atoms with Gasteiger partial charge in [-0.15, -0.1) is 0 Å². The number of rotatable bonds is 5. The van der Waals surface area contributed by atoms with Crippen molar-refractivity contribution in [3.8, 4) is 0 Å². The van der Waals surface area contributed by atoms with E-state index in [2.05, 4.69) is 4.18 Å². The summed E-state index contributed by atoms with van der Waals surface area (Å²) in [5, 5.41) is -6.98. The highest BCUT2D eigenvalue weighted by atomic mass is 32.2. The van der Waals surface area contributed by atoms with Crippen LogP contribution in [-0.2, 0) is 14.3 Å². The number of hydrogen-bond acceptors (Lipinski definition) is 5. The molecule has 0 saturated heterocycles. The van der Waals surface area contributed by atoms with Crippen LogP contribution in [-0.4, -0.2) is 49.4 Å². The van der Waals surface area contributed by atoms with Crippen molar-refractivity contribution in [2.24, 2.45) is 0 Å². The van der Waals surface area contributed by atoms with E-state index in [0.29, 0.717) is 0 Å². The maximum Gasteiger partial charge on any atom is 0.460 e. The molecular weight excluding hydrogens is 487 g/mol. The summed E-state index contributed by atoms with van der Waals surface area (Å²) in [7, 11) is -7.40. The molecule has 0 amide bonds. The number of Topliss-reactive ketones (excluding diaryl/α,β-unsaturated/α-hetero) is 2. The molecule has 0 atom stereocenters. The second-order valence-corrected chi connectivity index (χ2v) is 8.14. The third-order valence-corrected chi connectivity index (χ3v) is 5.89. The molecule has 0 heterocycles. The van der Waals surface area contributed by atoms with Crippen molar-refractivity contribution < 1.29 is 61.7 Å². The molecule has 174 valence electrons. The Hall–Kier alpha value is -2.68. The summed E-state index contributed by atoms with van der Waals surface area (Å²) in [5.41, 5.74) is -0.901. The molecule has 0 saturated carbocycles. The molecule has 0 aromatic heterocycles. The summed E-state index contributed by atoms with van der Waals surface area (Å²) >= 11 is 0. The zero-order valence-corrected chi connectivity index (χ0v) is 15.7. The Kier molecular flexibility index (Phi) is 5.17. The summed E-state index contributed by atoms with van der Waals surface area (Å²) in [6.45, 7) is 0. The highest BCUT2D eigenvalue weighted by molar-refractivity contribution is 7.88. The van der Waals surface area contributed by atoms with Crippen LogP contribution in [0, 0.1) is 0 Å². The predicted molar refractivity (Wildman–Crippen MR) is 87.3 cm³/mol. The monoisotopic (exact) mass is 494 g/mol. The Labute approximate surface area is 171 Å². The van der Waals surface area contributed by atoms with Crippen LogP contribution >= 0.6 is 0 Å². The number of alkyl halides is 9. The Bertz CT molecular complexity index is 1180. The number of halogens is 9. The van der Waals surface area contributed by atoms with Gasteiger partial charge in [-0.2, -0.15) is 47.9 Å². The SMILES string of the molecule is O=C1c2cccc3cccc(c23)C(=O)C1OS(=O)(=O)C(F)(F)C(F)(F)C(F)(F)C(F)(F)F. The lowest BCUT2D eigenvalue weighted by Gasteiger charge is -2.33. The molecule has 1 aliphatic rings. The standard InChI is InChI=1S/C17H7F9O5S/c18-14(19,16(22,23)24)15(20,21)17(25,26)32(29,30)31-13-11(27)8-5-1-3-7-4-2-6-9(10(7)8)12(13)28/h1-6,13H. The van der Waals surface area contributed by atoms with Crippen LogP contribution in [0.25, 0.3) is 10.8 Å². The average molecular weight is 494 g/mol. The third-order valence-electron chi connectivity index (χ3n) is 4.56. The fourth-order valence-corrected chi connectivity index (χ4v) is 3.94. The highest BCUT2D eigenvalue weighted by Crippen LogP contribution is 2.55. The lowest BCUT2D eigenvalue weighted by molar-refractivity contribution is -0.382. The van der Waals surface area contributed by atoms with Crippen molar-refractivity contribution in [3.63, 3.8) is 0 Å². The van der Waals surface area contributed by atoms with Crippen molar-refractivity contribution in [3.05, 3.63) is 47.5 Å². The van der Waals surface area contributed by atoms with E-state index in [1.807, 2.05) is 0 Å². The van der Waals surface area contributed by atoms with Gasteiger partial charge in [-0.1, -0.05) is 36.4 Å². The van der Waals surface area contributed by atoms with Gasteiger partial charge in [-0.05, 0) is 5.39 Å². The first kappa shape index (κ1) is 24.0. The largest absolute Gasteiger partial charge is 0.460 e. The van der Waals surface area contributed by atoms with Crippen molar-refractivity contribution in [2.75, 3.05) is 0 Å². The van der Waals surface area contributed by atoms with Gasteiger partial charge in [0.15, 0.2) is 0 Å². The molecular formula is C17H7F9O5S. The predicted octanol–water partition coefficient (Wildman–Crippen LogP) is 4.36. The van der Waals surface area contributed by atoms with E-state index in [1.54, 1.807) is 0 Å². The lowest BCUT2D eigenvalue weighted by atomic mass is 9.85. The van der Waals surface area contributed by atoms with Gasteiger partial charge in [-0.25, -0.2) is 4.18 Å². The van der Waals surface area contributed by atoms with Crippen LogP contribution in [0.3, 0.4) is 0 Å². The zero-order valence-electron chi connectivity index (χ0n) is 14.9. The van der Waals surface area contributed by atoms with Crippen molar-refractivity contribution >= 4 is 32.5 Å². The Morgan fingerprint density at radius 3 is 1.56 bits per heavy atom. The van der Waals surface area contributed by atoms with Crippen molar-refractivity contribution in [1.82, 2.24) is 0 Å². The van der Waals surface area contributed by atoms with E-state index in [1.165, 1.54) is 24.3 Å². The van der Waals surface area contributed by atoms with E-state index >= 15 is 0 Å². The molecule has 2 aromatic rings. The highest BCUT2D eigenvalue weighted by Gasteiger charge is 2.86. The summed E-state index contributed by atoms with van der Waals surface area (Å²) in [6, 6.07) is 7.30. The van der Waals surface area contributed by atoms with E-state index in [4.69, 9.17) is 0 Å². The molecule has 5 nitrogen and oxygen atoms in total. The van der Waals surface area contributed by atoms with Crippen LogP contribution in [0.2, 0.25) is 0 Å². The summed E-state index contributed by atoms with van der Waals surface area (Å²) < 4.78 is 144. The third kappa shape index (κ3) is 3.09.